The highest BCUT2D eigenvalue weighted by molar-refractivity contribution is 5.74. The molecule has 3 rings (SSSR count). The predicted molar refractivity (Wildman–Crippen MR) is 80.5 cm³/mol. The summed E-state index contributed by atoms with van der Waals surface area (Å²) in [6, 6.07) is 12.6. The number of fused-ring (bicyclic) bond motifs is 1. The van der Waals surface area contributed by atoms with Crippen molar-refractivity contribution in [2.24, 2.45) is 0 Å². The van der Waals surface area contributed by atoms with E-state index in [4.69, 9.17) is 0 Å². The topological polar surface area (TPSA) is 50.7 Å². The van der Waals surface area contributed by atoms with Gasteiger partial charge in [-0.25, -0.2) is 9.37 Å². The van der Waals surface area contributed by atoms with Gasteiger partial charge in [-0.2, -0.15) is 0 Å². The van der Waals surface area contributed by atoms with Crippen molar-refractivity contribution in [3.63, 3.8) is 0 Å². The summed E-state index contributed by atoms with van der Waals surface area (Å²) in [5, 5.41) is 11.3. The van der Waals surface area contributed by atoms with Crippen molar-refractivity contribution in [1.82, 2.24) is 15.2 Å². The number of hydrogen-bond acceptors (Lipinski definition) is 4. The van der Waals surface area contributed by atoms with Crippen molar-refractivity contribution >= 4 is 17.0 Å². The molecule has 0 aliphatic carbocycles. The Bertz CT molecular complexity index is 788. The number of para-hydroxylation sites is 1. The zero-order chi connectivity index (χ0) is 14.8. The second-order valence-electron chi connectivity index (χ2n) is 5.00. The number of nitrogens with one attached hydrogen (secondary N) is 1. The number of halogens is 1. The van der Waals surface area contributed by atoms with E-state index in [-0.39, 0.29) is 11.9 Å². The van der Waals surface area contributed by atoms with Crippen LogP contribution >= 0.6 is 0 Å². The number of rotatable bonds is 3. The Hall–Kier alpha value is -2.56. The van der Waals surface area contributed by atoms with Crippen LogP contribution in [0.15, 0.2) is 42.5 Å². The SMILES string of the molecule is Cc1ccc(C(C)Nc2nnc3ccccc3n2)cc1F. The molecule has 4 nitrogen and oxygen atoms in total. The number of aryl methyl sites for hydroxylation is 1. The van der Waals surface area contributed by atoms with Crippen LogP contribution in [-0.4, -0.2) is 15.2 Å². The average Bonchev–Trinajstić information content (AvgIpc) is 2.50. The van der Waals surface area contributed by atoms with Gasteiger partial charge in [-0.1, -0.05) is 24.3 Å². The maximum absolute atomic E-state index is 13.6. The minimum absolute atomic E-state index is 0.108. The number of anilines is 1. The van der Waals surface area contributed by atoms with Crippen LogP contribution in [0.4, 0.5) is 10.3 Å². The zero-order valence-corrected chi connectivity index (χ0v) is 11.8. The fourth-order valence-electron chi connectivity index (χ4n) is 2.10. The van der Waals surface area contributed by atoms with Crippen molar-refractivity contribution in [3.8, 4) is 0 Å². The Labute approximate surface area is 122 Å². The first-order valence-electron chi connectivity index (χ1n) is 6.75. The summed E-state index contributed by atoms with van der Waals surface area (Å²) in [7, 11) is 0. The van der Waals surface area contributed by atoms with Gasteiger partial charge in [0.05, 0.1) is 11.6 Å². The number of hydrogen-bond donors (Lipinski definition) is 1. The highest BCUT2D eigenvalue weighted by atomic mass is 19.1. The van der Waals surface area contributed by atoms with Crippen LogP contribution in [0.3, 0.4) is 0 Å². The minimum atomic E-state index is -0.210. The van der Waals surface area contributed by atoms with E-state index < -0.39 is 0 Å². The largest absolute Gasteiger partial charge is 0.346 e. The van der Waals surface area contributed by atoms with Crippen LogP contribution < -0.4 is 5.32 Å². The fourth-order valence-corrected chi connectivity index (χ4v) is 2.10. The fraction of sp³-hybridized carbons (Fsp3) is 0.188. The van der Waals surface area contributed by atoms with Crippen LogP contribution in [0.1, 0.15) is 24.1 Å². The van der Waals surface area contributed by atoms with Crippen molar-refractivity contribution in [2.75, 3.05) is 5.32 Å². The highest BCUT2D eigenvalue weighted by Crippen LogP contribution is 2.20. The van der Waals surface area contributed by atoms with E-state index in [1.165, 1.54) is 6.07 Å². The van der Waals surface area contributed by atoms with Crippen LogP contribution in [0.2, 0.25) is 0 Å². The summed E-state index contributed by atoms with van der Waals surface area (Å²) in [6.07, 6.45) is 0. The zero-order valence-electron chi connectivity index (χ0n) is 11.8. The lowest BCUT2D eigenvalue weighted by Gasteiger charge is -2.14. The summed E-state index contributed by atoms with van der Waals surface area (Å²) in [6.45, 7) is 3.68. The third-order valence-corrected chi connectivity index (χ3v) is 3.40. The molecule has 1 unspecified atom stereocenters. The third kappa shape index (κ3) is 2.81. The lowest BCUT2D eigenvalue weighted by molar-refractivity contribution is 0.614. The molecule has 0 fully saturated rings. The van der Waals surface area contributed by atoms with E-state index in [1.807, 2.05) is 37.3 Å². The van der Waals surface area contributed by atoms with Crippen molar-refractivity contribution in [1.29, 1.82) is 0 Å². The van der Waals surface area contributed by atoms with Gasteiger partial charge < -0.3 is 5.32 Å². The summed E-state index contributed by atoms with van der Waals surface area (Å²) in [5.41, 5.74) is 3.00. The molecular formula is C16H15FN4. The molecule has 2 aromatic carbocycles. The van der Waals surface area contributed by atoms with E-state index in [9.17, 15) is 4.39 Å². The number of benzene rings is 2. The molecule has 106 valence electrons. The van der Waals surface area contributed by atoms with Crippen molar-refractivity contribution in [3.05, 3.63) is 59.4 Å². The van der Waals surface area contributed by atoms with Crippen LogP contribution in [0, 0.1) is 12.7 Å². The summed E-state index contributed by atoms with van der Waals surface area (Å²) < 4.78 is 13.6. The van der Waals surface area contributed by atoms with Crippen LogP contribution in [0.5, 0.6) is 0 Å². The molecule has 1 aromatic heterocycles. The number of nitrogens with zero attached hydrogens (tertiary/aromatic N) is 3. The van der Waals surface area contributed by atoms with E-state index >= 15 is 0 Å². The quantitative estimate of drug-likeness (QED) is 0.796. The maximum atomic E-state index is 13.6. The van der Waals surface area contributed by atoms with E-state index in [0.29, 0.717) is 11.5 Å². The first kappa shape index (κ1) is 13.4. The van der Waals surface area contributed by atoms with Gasteiger partial charge in [0.2, 0.25) is 5.95 Å². The molecule has 0 aliphatic heterocycles. The smallest absolute Gasteiger partial charge is 0.243 e. The lowest BCUT2D eigenvalue weighted by Crippen LogP contribution is -2.10. The summed E-state index contributed by atoms with van der Waals surface area (Å²) >= 11 is 0. The van der Waals surface area contributed by atoms with Crippen LogP contribution in [0.25, 0.3) is 11.0 Å². The molecule has 3 aromatic rings. The van der Waals surface area contributed by atoms with Gasteiger partial charge in [0.25, 0.3) is 0 Å². The monoisotopic (exact) mass is 282 g/mol. The molecule has 0 bridgehead atoms. The molecule has 1 atom stereocenters. The summed E-state index contributed by atoms with van der Waals surface area (Å²) in [4.78, 5) is 4.40. The Morgan fingerprint density at radius 2 is 1.81 bits per heavy atom. The molecule has 21 heavy (non-hydrogen) atoms. The minimum Gasteiger partial charge on any atom is -0.346 e. The van der Waals surface area contributed by atoms with E-state index in [0.717, 1.165) is 16.6 Å². The third-order valence-electron chi connectivity index (χ3n) is 3.40. The molecule has 0 aliphatic rings. The second kappa shape index (κ2) is 5.44. The van der Waals surface area contributed by atoms with Crippen molar-refractivity contribution in [2.45, 2.75) is 19.9 Å². The second-order valence-corrected chi connectivity index (χ2v) is 5.00. The molecule has 0 saturated carbocycles. The molecule has 0 saturated heterocycles. The van der Waals surface area contributed by atoms with Gasteiger partial charge in [0, 0.05) is 0 Å². The molecular weight excluding hydrogens is 267 g/mol. The van der Waals surface area contributed by atoms with Gasteiger partial charge >= 0.3 is 0 Å². The van der Waals surface area contributed by atoms with E-state index in [2.05, 4.69) is 20.5 Å². The van der Waals surface area contributed by atoms with Gasteiger partial charge in [-0.3, -0.25) is 0 Å². The first-order chi connectivity index (χ1) is 10.1. The van der Waals surface area contributed by atoms with Gasteiger partial charge in [-0.15, -0.1) is 10.2 Å². The highest BCUT2D eigenvalue weighted by Gasteiger charge is 2.10. The van der Waals surface area contributed by atoms with Crippen LogP contribution in [-0.2, 0) is 0 Å². The Morgan fingerprint density at radius 3 is 2.57 bits per heavy atom. The van der Waals surface area contributed by atoms with Gasteiger partial charge in [-0.05, 0) is 43.2 Å². The molecule has 0 spiro atoms. The summed E-state index contributed by atoms with van der Waals surface area (Å²) in [5.74, 6) is 0.223. The van der Waals surface area contributed by atoms with Gasteiger partial charge in [0.1, 0.15) is 11.3 Å². The predicted octanol–water partition coefficient (Wildman–Crippen LogP) is 3.65. The van der Waals surface area contributed by atoms with Gasteiger partial charge in [0.15, 0.2) is 0 Å². The first-order valence-corrected chi connectivity index (χ1v) is 6.75. The van der Waals surface area contributed by atoms with E-state index in [1.54, 1.807) is 13.0 Å². The Balaban J connectivity index is 1.85. The molecule has 1 N–H and O–H groups in total. The molecule has 1 heterocycles. The normalized spacial score (nSPS) is 12.3. The maximum Gasteiger partial charge on any atom is 0.243 e. The van der Waals surface area contributed by atoms with Crippen molar-refractivity contribution < 1.29 is 4.39 Å². The molecule has 0 radical (unpaired) electrons. The molecule has 5 heteroatoms. The average molecular weight is 282 g/mol. The standard InChI is InChI=1S/C16H15FN4/c1-10-7-8-12(9-13(10)17)11(2)18-16-19-14-5-3-4-6-15(14)20-21-16/h3-9,11H,1-2H3,(H,18,19,21). The molecule has 0 amide bonds. The number of aromatic nitrogens is 3. The Morgan fingerprint density at radius 1 is 1.05 bits per heavy atom. The Kier molecular flexibility index (Phi) is 3.48. The lowest BCUT2D eigenvalue weighted by atomic mass is 10.1.